The van der Waals surface area contributed by atoms with Gasteiger partial charge >= 0.3 is 5.97 Å². The molecule has 0 aliphatic rings. The predicted octanol–water partition coefficient (Wildman–Crippen LogP) is 2.01. The standard InChI is InChI=1S/C16H18N2O4S/c1-21-10-4-9-17-14(19)11-22-16(20)8-7-15-18-12-5-2-3-6-13(12)23-15/h2-3,5-8H,4,9-11H2,1H3,(H,17,19)/b8-7+. The second-order valence-corrected chi connectivity index (χ2v) is 5.72. The number of esters is 1. The molecule has 7 heteroatoms. The van der Waals surface area contributed by atoms with Crippen LogP contribution in [0.25, 0.3) is 16.3 Å². The molecule has 6 nitrogen and oxygen atoms in total. The number of hydrogen-bond donors (Lipinski definition) is 1. The molecule has 0 aliphatic carbocycles. The van der Waals surface area contributed by atoms with Gasteiger partial charge in [-0.3, -0.25) is 4.79 Å². The van der Waals surface area contributed by atoms with Gasteiger partial charge in [-0.25, -0.2) is 9.78 Å². The monoisotopic (exact) mass is 334 g/mol. The lowest BCUT2D eigenvalue weighted by Gasteiger charge is -2.04. The molecule has 0 spiro atoms. The molecule has 0 fully saturated rings. The third-order valence-corrected chi connectivity index (χ3v) is 3.87. The maximum absolute atomic E-state index is 11.6. The number of para-hydroxylation sites is 1. The van der Waals surface area contributed by atoms with Crippen LogP contribution in [0.1, 0.15) is 11.4 Å². The van der Waals surface area contributed by atoms with Crippen molar-refractivity contribution in [3.8, 4) is 0 Å². The first-order valence-corrected chi connectivity index (χ1v) is 7.97. The Morgan fingerprint density at radius 2 is 2.17 bits per heavy atom. The number of benzene rings is 1. The van der Waals surface area contributed by atoms with Crippen molar-refractivity contribution in [2.45, 2.75) is 6.42 Å². The van der Waals surface area contributed by atoms with Crippen molar-refractivity contribution in [2.75, 3.05) is 26.9 Å². The van der Waals surface area contributed by atoms with E-state index in [0.717, 1.165) is 10.2 Å². The number of nitrogens with one attached hydrogen (secondary N) is 1. The molecule has 0 bridgehead atoms. The number of aromatic nitrogens is 1. The SMILES string of the molecule is COCCCNC(=O)COC(=O)/C=C/c1nc2ccccc2s1. The summed E-state index contributed by atoms with van der Waals surface area (Å²) in [6.07, 6.45) is 3.58. The highest BCUT2D eigenvalue weighted by Gasteiger charge is 2.05. The Bertz CT molecular complexity index is 663. The molecule has 23 heavy (non-hydrogen) atoms. The van der Waals surface area contributed by atoms with Crippen molar-refractivity contribution in [2.24, 2.45) is 0 Å². The van der Waals surface area contributed by atoms with Crippen LogP contribution in [-0.4, -0.2) is 43.7 Å². The molecule has 1 N–H and O–H groups in total. The van der Waals surface area contributed by atoms with E-state index in [4.69, 9.17) is 9.47 Å². The Morgan fingerprint density at radius 3 is 2.96 bits per heavy atom. The van der Waals surface area contributed by atoms with E-state index in [1.54, 1.807) is 13.2 Å². The summed E-state index contributed by atoms with van der Waals surface area (Å²) in [5, 5.41) is 3.35. The zero-order chi connectivity index (χ0) is 16.5. The minimum absolute atomic E-state index is 0.296. The number of rotatable bonds is 8. The number of hydrogen-bond acceptors (Lipinski definition) is 6. The average molecular weight is 334 g/mol. The van der Waals surface area contributed by atoms with E-state index in [2.05, 4.69) is 10.3 Å². The van der Waals surface area contributed by atoms with Gasteiger partial charge in [-0.2, -0.15) is 0 Å². The molecule has 1 aromatic heterocycles. The van der Waals surface area contributed by atoms with Crippen LogP contribution in [0.5, 0.6) is 0 Å². The van der Waals surface area contributed by atoms with Crippen LogP contribution in [-0.2, 0) is 19.1 Å². The van der Waals surface area contributed by atoms with Crippen LogP contribution < -0.4 is 5.32 Å². The van der Waals surface area contributed by atoms with Crippen molar-refractivity contribution < 1.29 is 19.1 Å². The quantitative estimate of drug-likeness (QED) is 0.454. The second-order valence-electron chi connectivity index (χ2n) is 4.66. The van der Waals surface area contributed by atoms with E-state index >= 15 is 0 Å². The fourth-order valence-electron chi connectivity index (χ4n) is 1.78. The fraction of sp³-hybridized carbons (Fsp3) is 0.312. The van der Waals surface area contributed by atoms with Gasteiger partial charge in [-0.15, -0.1) is 11.3 Å². The molecule has 122 valence electrons. The highest BCUT2D eigenvalue weighted by atomic mass is 32.1. The average Bonchev–Trinajstić information content (AvgIpc) is 2.98. The first kappa shape index (κ1) is 17.1. The topological polar surface area (TPSA) is 77.5 Å². The Morgan fingerprint density at radius 1 is 1.35 bits per heavy atom. The molecule has 1 aromatic carbocycles. The molecular weight excluding hydrogens is 316 g/mol. The van der Waals surface area contributed by atoms with Gasteiger partial charge < -0.3 is 14.8 Å². The molecule has 0 atom stereocenters. The Kier molecular flexibility index (Phi) is 6.71. The van der Waals surface area contributed by atoms with Crippen LogP contribution in [0.3, 0.4) is 0 Å². The van der Waals surface area contributed by atoms with E-state index in [0.29, 0.717) is 24.6 Å². The molecule has 1 amide bonds. The van der Waals surface area contributed by atoms with Crippen molar-refractivity contribution in [3.05, 3.63) is 35.3 Å². The summed E-state index contributed by atoms with van der Waals surface area (Å²) in [6, 6.07) is 7.73. The molecule has 0 radical (unpaired) electrons. The normalized spacial score (nSPS) is 11.0. The molecule has 0 saturated carbocycles. The van der Waals surface area contributed by atoms with Gasteiger partial charge in [0.15, 0.2) is 6.61 Å². The smallest absolute Gasteiger partial charge is 0.331 e. The number of ether oxygens (including phenoxy) is 2. The Balaban J connectivity index is 1.74. The number of amides is 1. The van der Waals surface area contributed by atoms with E-state index < -0.39 is 5.97 Å². The van der Waals surface area contributed by atoms with Gasteiger partial charge in [0.05, 0.1) is 10.2 Å². The first-order valence-electron chi connectivity index (χ1n) is 7.15. The van der Waals surface area contributed by atoms with E-state index in [1.165, 1.54) is 17.4 Å². The van der Waals surface area contributed by atoms with Crippen molar-refractivity contribution in [1.29, 1.82) is 0 Å². The van der Waals surface area contributed by atoms with Gasteiger partial charge in [0.25, 0.3) is 5.91 Å². The lowest BCUT2D eigenvalue weighted by Crippen LogP contribution is -2.29. The minimum Gasteiger partial charge on any atom is -0.452 e. The van der Waals surface area contributed by atoms with Gasteiger partial charge in [0, 0.05) is 26.3 Å². The molecule has 2 rings (SSSR count). The molecule has 0 unspecified atom stereocenters. The third-order valence-electron chi connectivity index (χ3n) is 2.87. The van der Waals surface area contributed by atoms with E-state index in [-0.39, 0.29) is 12.5 Å². The van der Waals surface area contributed by atoms with Crippen LogP contribution in [0.2, 0.25) is 0 Å². The molecular formula is C16H18N2O4S. The molecule has 2 aromatic rings. The summed E-state index contributed by atoms with van der Waals surface area (Å²) in [7, 11) is 1.60. The minimum atomic E-state index is -0.573. The van der Waals surface area contributed by atoms with Crippen LogP contribution >= 0.6 is 11.3 Å². The van der Waals surface area contributed by atoms with Crippen molar-refractivity contribution in [1.82, 2.24) is 10.3 Å². The lowest BCUT2D eigenvalue weighted by molar-refractivity contribution is -0.143. The van der Waals surface area contributed by atoms with E-state index in [9.17, 15) is 9.59 Å². The zero-order valence-corrected chi connectivity index (χ0v) is 13.6. The Hall–Kier alpha value is -2.25. The van der Waals surface area contributed by atoms with Gasteiger partial charge in [0.1, 0.15) is 5.01 Å². The molecule has 0 saturated heterocycles. The van der Waals surface area contributed by atoms with Gasteiger partial charge in [-0.05, 0) is 24.6 Å². The number of fused-ring (bicyclic) bond motifs is 1. The second kappa shape index (κ2) is 9.02. The number of carbonyl (C=O) groups is 2. The number of methoxy groups -OCH3 is 1. The van der Waals surface area contributed by atoms with Gasteiger partial charge in [-0.1, -0.05) is 12.1 Å². The highest BCUT2D eigenvalue weighted by Crippen LogP contribution is 2.22. The summed E-state index contributed by atoms with van der Waals surface area (Å²) in [5.41, 5.74) is 0.890. The number of nitrogens with zero attached hydrogens (tertiary/aromatic N) is 1. The number of thiazole rings is 1. The summed E-state index contributed by atoms with van der Waals surface area (Å²) < 4.78 is 10.8. The van der Waals surface area contributed by atoms with Crippen molar-refractivity contribution >= 4 is 39.5 Å². The fourth-order valence-corrected chi connectivity index (χ4v) is 2.65. The van der Waals surface area contributed by atoms with Crippen LogP contribution in [0.15, 0.2) is 30.3 Å². The largest absolute Gasteiger partial charge is 0.452 e. The zero-order valence-electron chi connectivity index (χ0n) is 12.8. The van der Waals surface area contributed by atoms with Crippen LogP contribution in [0.4, 0.5) is 0 Å². The summed E-state index contributed by atoms with van der Waals surface area (Å²) in [6.45, 7) is 0.771. The predicted molar refractivity (Wildman–Crippen MR) is 89.1 cm³/mol. The molecule has 1 heterocycles. The summed E-state index contributed by atoms with van der Waals surface area (Å²) >= 11 is 1.48. The molecule has 0 aliphatic heterocycles. The maximum atomic E-state index is 11.6. The maximum Gasteiger partial charge on any atom is 0.331 e. The van der Waals surface area contributed by atoms with Crippen molar-refractivity contribution in [3.63, 3.8) is 0 Å². The van der Waals surface area contributed by atoms with Gasteiger partial charge in [0.2, 0.25) is 0 Å². The third kappa shape index (κ3) is 5.80. The summed E-state index contributed by atoms with van der Waals surface area (Å²) in [4.78, 5) is 27.4. The highest BCUT2D eigenvalue weighted by molar-refractivity contribution is 7.19. The number of carbonyl (C=O) groups excluding carboxylic acids is 2. The lowest BCUT2D eigenvalue weighted by atomic mass is 10.3. The van der Waals surface area contributed by atoms with Crippen LogP contribution in [0, 0.1) is 0 Å². The van der Waals surface area contributed by atoms with E-state index in [1.807, 2.05) is 24.3 Å². The summed E-state index contributed by atoms with van der Waals surface area (Å²) in [5.74, 6) is -0.904. The Labute approximate surface area is 138 Å². The first-order chi connectivity index (χ1) is 11.2.